The van der Waals surface area contributed by atoms with Gasteiger partial charge in [0.2, 0.25) is 0 Å². The van der Waals surface area contributed by atoms with E-state index in [2.05, 4.69) is 64.2 Å². The third kappa shape index (κ3) is 4.19. The Hall–Kier alpha value is -0.600. The van der Waals surface area contributed by atoms with Gasteiger partial charge in [0.25, 0.3) is 0 Å². The van der Waals surface area contributed by atoms with E-state index in [1.54, 1.807) is 0 Å². The van der Waals surface area contributed by atoms with Gasteiger partial charge in [-0.1, -0.05) is 52.0 Å². The maximum absolute atomic E-state index is 2.28. The third-order valence-corrected chi connectivity index (χ3v) is 5.03. The van der Waals surface area contributed by atoms with Gasteiger partial charge in [-0.05, 0) is 29.7 Å². The summed E-state index contributed by atoms with van der Waals surface area (Å²) in [5.74, 6) is 0. The fraction of sp³-hybridized carbons (Fsp3) is 0.412. The number of allylic oxidation sites excluding steroid dienone is 8. The van der Waals surface area contributed by atoms with Crippen LogP contribution in [0, 0.1) is 0 Å². The smallest absolute Gasteiger partial charge is 0.0121 e. The van der Waals surface area contributed by atoms with Crippen molar-refractivity contribution >= 4 is 23.5 Å². The number of rotatable bonds is 4. The summed E-state index contributed by atoms with van der Waals surface area (Å²) in [6.45, 7) is 9.05. The molecule has 0 radical (unpaired) electrons. The summed E-state index contributed by atoms with van der Waals surface area (Å²) in [5.41, 5.74) is 2.91. The molecule has 0 fully saturated rings. The minimum Gasteiger partial charge on any atom is -0.123 e. The van der Waals surface area contributed by atoms with Gasteiger partial charge >= 0.3 is 0 Å². The summed E-state index contributed by atoms with van der Waals surface area (Å²) in [6.07, 6.45) is 14.5. The van der Waals surface area contributed by atoms with Crippen LogP contribution in [0.3, 0.4) is 0 Å². The molecule has 0 N–H and O–H groups in total. The molecule has 0 aliphatic heterocycles. The molecule has 0 spiro atoms. The Labute approximate surface area is 125 Å². The fourth-order valence-electron chi connectivity index (χ4n) is 2.12. The molecule has 2 aliphatic rings. The van der Waals surface area contributed by atoms with Gasteiger partial charge in [0.15, 0.2) is 0 Å². The summed E-state index contributed by atoms with van der Waals surface area (Å²) in [6, 6.07) is 0. The Morgan fingerprint density at radius 1 is 0.895 bits per heavy atom. The average Bonchev–Trinajstić information content (AvgIpc) is 2.61. The van der Waals surface area contributed by atoms with Crippen molar-refractivity contribution in [1.29, 1.82) is 0 Å². The Morgan fingerprint density at radius 2 is 1.58 bits per heavy atom. The predicted molar refractivity (Wildman–Crippen MR) is 91.5 cm³/mol. The van der Waals surface area contributed by atoms with Crippen LogP contribution in [0.15, 0.2) is 57.4 Å². The third-order valence-electron chi connectivity index (χ3n) is 2.82. The van der Waals surface area contributed by atoms with Crippen LogP contribution in [0.25, 0.3) is 0 Å². The molecule has 0 atom stereocenters. The molecule has 0 heterocycles. The van der Waals surface area contributed by atoms with Gasteiger partial charge in [-0.25, -0.2) is 0 Å². The topological polar surface area (TPSA) is 0 Å². The number of fused-ring (bicyclic) bond motifs is 2. The minimum absolute atomic E-state index is 0.621. The van der Waals surface area contributed by atoms with Gasteiger partial charge in [0.05, 0.1) is 0 Å². The zero-order valence-corrected chi connectivity index (χ0v) is 13.8. The lowest BCUT2D eigenvalue weighted by atomic mass is 10.1. The second kappa shape index (κ2) is 6.71. The highest BCUT2D eigenvalue weighted by atomic mass is 32.2. The zero-order valence-electron chi connectivity index (χ0n) is 12.1. The van der Waals surface area contributed by atoms with E-state index in [9.17, 15) is 0 Å². The van der Waals surface area contributed by atoms with Crippen LogP contribution in [-0.4, -0.2) is 10.5 Å². The molecule has 0 amide bonds. The van der Waals surface area contributed by atoms with Crippen LogP contribution >= 0.6 is 23.5 Å². The monoisotopic (exact) mass is 290 g/mol. The summed E-state index contributed by atoms with van der Waals surface area (Å²) >= 11 is 3.95. The summed E-state index contributed by atoms with van der Waals surface area (Å²) < 4.78 is 0. The SMILES string of the molecule is CC(C)SC1=CC=CC2=CC=CC(SC(C)C)=C1C2. The molecule has 2 heteroatoms. The highest BCUT2D eigenvalue weighted by Crippen LogP contribution is 2.41. The van der Waals surface area contributed by atoms with Crippen molar-refractivity contribution in [3.05, 3.63) is 57.4 Å². The average molecular weight is 290 g/mol. The first-order valence-electron chi connectivity index (χ1n) is 6.88. The zero-order chi connectivity index (χ0) is 13.8. The van der Waals surface area contributed by atoms with E-state index in [-0.39, 0.29) is 0 Å². The van der Waals surface area contributed by atoms with E-state index in [0.29, 0.717) is 10.5 Å². The highest BCUT2D eigenvalue weighted by Gasteiger charge is 2.17. The van der Waals surface area contributed by atoms with Gasteiger partial charge in [0.1, 0.15) is 0 Å². The first kappa shape index (κ1) is 14.8. The lowest BCUT2D eigenvalue weighted by Crippen LogP contribution is -1.97. The van der Waals surface area contributed by atoms with Crippen LogP contribution in [0.2, 0.25) is 0 Å². The maximum atomic E-state index is 2.28. The molecular weight excluding hydrogens is 268 g/mol. The lowest BCUT2D eigenvalue weighted by molar-refractivity contribution is 1.11. The standard InChI is InChI=1S/C17H22S2/c1-12(2)18-16-9-5-7-14-8-6-10-17(15(16)11-14)19-13(3)4/h5-10,12-13H,11H2,1-4H3. The second-order valence-corrected chi connectivity index (χ2v) is 8.58. The molecule has 0 saturated carbocycles. The largest absolute Gasteiger partial charge is 0.123 e. The van der Waals surface area contributed by atoms with Crippen molar-refractivity contribution in [2.24, 2.45) is 0 Å². The van der Waals surface area contributed by atoms with Crippen molar-refractivity contribution in [3.8, 4) is 0 Å². The summed E-state index contributed by atoms with van der Waals surface area (Å²) in [4.78, 5) is 2.87. The van der Waals surface area contributed by atoms with Gasteiger partial charge in [-0.3, -0.25) is 0 Å². The molecule has 2 bridgehead atoms. The lowest BCUT2D eigenvalue weighted by Gasteiger charge is -2.17. The Morgan fingerprint density at radius 3 is 2.26 bits per heavy atom. The highest BCUT2D eigenvalue weighted by molar-refractivity contribution is 8.04. The van der Waals surface area contributed by atoms with Crippen molar-refractivity contribution in [1.82, 2.24) is 0 Å². The molecule has 0 saturated heterocycles. The van der Waals surface area contributed by atoms with Gasteiger partial charge in [-0.15, -0.1) is 23.5 Å². The molecule has 0 aromatic heterocycles. The van der Waals surface area contributed by atoms with Crippen molar-refractivity contribution in [2.45, 2.75) is 44.6 Å². The molecular formula is C17H22S2. The number of thioether (sulfide) groups is 2. The van der Waals surface area contributed by atoms with E-state index in [1.807, 2.05) is 23.5 Å². The van der Waals surface area contributed by atoms with Crippen LogP contribution in [-0.2, 0) is 0 Å². The fourth-order valence-corrected chi connectivity index (χ4v) is 4.16. The van der Waals surface area contributed by atoms with Crippen molar-refractivity contribution in [2.75, 3.05) is 0 Å². The quantitative estimate of drug-likeness (QED) is 0.635. The Balaban J connectivity index is 2.40. The maximum Gasteiger partial charge on any atom is 0.0121 e. The number of hydrogen-bond donors (Lipinski definition) is 0. The van der Waals surface area contributed by atoms with E-state index >= 15 is 0 Å². The van der Waals surface area contributed by atoms with Crippen molar-refractivity contribution < 1.29 is 0 Å². The molecule has 2 rings (SSSR count). The van der Waals surface area contributed by atoms with Crippen molar-refractivity contribution in [3.63, 3.8) is 0 Å². The van der Waals surface area contributed by atoms with Gasteiger partial charge in [0, 0.05) is 20.3 Å². The van der Waals surface area contributed by atoms with E-state index in [0.717, 1.165) is 6.42 Å². The first-order valence-corrected chi connectivity index (χ1v) is 8.64. The molecule has 19 heavy (non-hydrogen) atoms. The predicted octanol–water partition coefficient (Wildman–Crippen LogP) is 5.86. The molecule has 2 aliphatic carbocycles. The molecule has 0 unspecified atom stereocenters. The van der Waals surface area contributed by atoms with Gasteiger partial charge in [-0.2, -0.15) is 0 Å². The summed E-state index contributed by atoms with van der Waals surface area (Å²) in [5, 5.41) is 1.24. The first-order chi connectivity index (χ1) is 9.06. The van der Waals surface area contributed by atoms with Crippen LogP contribution < -0.4 is 0 Å². The molecule has 0 nitrogen and oxygen atoms in total. The Bertz CT molecular complexity index is 485. The van der Waals surface area contributed by atoms with E-state index in [1.165, 1.54) is 21.0 Å². The van der Waals surface area contributed by atoms with Gasteiger partial charge < -0.3 is 0 Å². The van der Waals surface area contributed by atoms with Crippen LogP contribution in [0.4, 0.5) is 0 Å². The Kier molecular flexibility index (Phi) is 5.23. The van der Waals surface area contributed by atoms with Crippen LogP contribution in [0.5, 0.6) is 0 Å². The number of hydrogen-bond acceptors (Lipinski definition) is 2. The minimum atomic E-state index is 0.621. The molecule has 0 aromatic carbocycles. The normalized spacial score (nSPS) is 18.6. The van der Waals surface area contributed by atoms with Crippen LogP contribution in [0.1, 0.15) is 34.1 Å². The van der Waals surface area contributed by atoms with E-state index in [4.69, 9.17) is 0 Å². The second-order valence-electron chi connectivity index (χ2n) is 5.34. The van der Waals surface area contributed by atoms with E-state index < -0.39 is 0 Å². The summed E-state index contributed by atoms with van der Waals surface area (Å²) in [7, 11) is 0. The molecule has 0 aromatic rings. The molecule has 102 valence electrons.